The van der Waals surface area contributed by atoms with E-state index in [0.29, 0.717) is 0 Å². The summed E-state index contributed by atoms with van der Waals surface area (Å²) in [5.74, 6) is -0.0506. The number of hydrogen-bond acceptors (Lipinski definition) is 3. The molecule has 0 saturated carbocycles. The van der Waals surface area contributed by atoms with Crippen molar-refractivity contribution < 1.29 is 4.79 Å². The van der Waals surface area contributed by atoms with Gasteiger partial charge in [0.05, 0.1) is 12.2 Å². The van der Waals surface area contributed by atoms with Crippen LogP contribution in [-0.2, 0) is 6.42 Å². The molecule has 0 spiro atoms. The second-order valence-corrected chi connectivity index (χ2v) is 4.74. The molecular weight excluding hydrogens is 252 g/mol. The number of aromatic nitrogens is 2. The van der Waals surface area contributed by atoms with Gasteiger partial charge in [0.2, 0.25) is 0 Å². The largest absolute Gasteiger partial charge is 0.345 e. The van der Waals surface area contributed by atoms with Crippen LogP contribution in [0.25, 0.3) is 0 Å². The van der Waals surface area contributed by atoms with E-state index in [0.717, 1.165) is 29.7 Å². The molecule has 2 aromatic rings. The van der Waals surface area contributed by atoms with Crippen molar-refractivity contribution in [2.24, 2.45) is 0 Å². The lowest BCUT2D eigenvalue weighted by Crippen LogP contribution is -2.27. The highest BCUT2D eigenvalue weighted by Crippen LogP contribution is 2.13. The number of nitrogens with zero attached hydrogens (tertiary/aromatic N) is 1. The minimum atomic E-state index is -0.0707. The molecule has 0 aliphatic rings. The van der Waals surface area contributed by atoms with Gasteiger partial charge in [0, 0.05) is 17.3 Å². The van der Waals surface area contributed by atoms with Gasteiger partial charge in [-0.25, -0.2) is 0 Å². The van der Waals surface area contributed by atoms with E-state index in [4.69, 9.17) is 0 Å². The van der Waals surface area contributed by atoms with Crippen LogP contribution >= 0.6 is 0 Å². The zero-order valence-electron chi connectivity index (χ0n) is 11.8. The lowest BCUT2D eigenvalue weighted by Gasteiger charge is -2.14. The van der Waals surface area contributed by atoms with Crippen LogP contribution in [0.15, 0.2) is 36.7 Å². The number of rotatable bonds is 6. The van der Waals surface area contributed by atoms with Crippen molar-refractivity contribution in [2.45, 2.75) is 19.4 Å². The molecule has 5 nitrogen and oxygen atoms in total. The van der Waals surface area contributed by atoms with E-state index in [2.05, 4.69) is 20.8 Å². The molecule has 0 bridgehead atoms. The maximum atomic E-state index is 12.4. The third kappa shape index (κ3) is 3.45. The minimum absolute atomic E-state index is 0.0506. The van der Waals surface area contributed by atoms with Crippen LogP contribution in [0.4, 0.5) is 0 Å². The number of likely N-dealkylation sites (N-methyl/N-ethyl adjacent to an activating group) is 1. The SMILES string of the molecule is CNCCc1ccccc1C(=O)NC(C)c1cn[nH]c1. The van der Waals surface area contributed by atoms with E-state index >= 15 is 0 Å². The number of carbonyl (C=O) groups excluding carboxylic acids is 1. The number of amides is 1. The third-order valence-corrected chi connectivity index (χ3v) is 3.27. The number of benzene rings is 1. The number of carbonyl (C=O) groups is 1. The highest BCUT2D eigenvalue weighted by atomic mass is 16.1. The summed E-state index contributed by atoms with van der Waals surface area (Å²) in [4.78, 5) is 12.4. The first-order valence-electron chi connectivity index (χ1n) is 6.74. The van der Waals surface area contributed by atoms with E-state index in [9.17, 15) is 4.79 Å². The fourth-order valence-corrected chi connectivity index (χ4v) is 2.07. The molecule has 20 heavy (non-hydrogen) atoms. The van der Waals surface area contributed by atoms with Crippen LogP contribution in [0.3, 0.4) is 0 Å². The first kappa shape index (κ1) is 14.3. The zero-order valence-corrected chi connectivity index (χ0v) is 11.8. The molecule has 2 rings (SSSR count). The average Bonchev–Trinajstić information content (AvgIpc) is 2.99. The Morgan fingerprint density at radius 1 is 1.40 bits per heavy atom. The van der Waals surface area contributed by atoms with Crippen molar-refractivity contribution in [2.75, 3.05) is 13.6 Å². The van der Waals surface area contributed by atoms with Crippen LogP contribution in [0.1, 0.15) is 34.5 Å². The Balaban J connectivity index is 2.09. The quantitative estimate of drug-likeness (QED) is 0.749. The average molecular weight is 272 g/mol. The van der Waals surface area contributed by atoms with Crippen LogP contribution in [0.5, 0.6) is 0 Å². The molecule has 5 heteroatoms. The smallest absolute Gasteiger partial charge is 0.252 e. The third-order valence-electron chi connectivity index (χ3n) is 3.27. The molecule has 106 valence electrons. The van der Waals surface area contributed by atoms with Gasteiger partial charge in [-0.15, -0.1) is 0 Å². The summed E-state index contributed by atoms with van der Waals surface area (Å²) in [5.41, 5.74) is 2.75. The molecule has 0 fully saturated rings. The molecule has 1 atom stereocenters. The van der Waals surface area contributed by atoms with Gasteiger partial charge in [0.25, 0.3) is 5.91 Å². The van der Waals surface area contributed by atoms with Gasteiger partial charge in [-0.1, -0.05) is 18.2 Å². The first-order chi connectivity index (χ1) is 9.72. The lowest BCUT2D eigenvalue weighted by atomic mass is 10.0. The zero-order chi connectivity index (χ0) is 14.4. The summed E-state index contributed by atoms with van der Waals surface area (Å²) in [6.45, 7) is 2.79. The van der Waals surface area contributed by atoms with Crippen molar-refractivity contribution >= 4 is 5.91 Å². The van der Waals surface area contributed by atoms with Crippen molar-refractivity contribution in [3.8, 4) is 0 Å². The van der Waals surface area contributed by atoms with Crippen molar-refractivity contribution in [3.05, 3.63) is 53.3 Å². The fraction of sp³-hybridized carbons (Fsp3) is 0.333. The summed E-state index contributed by atoms with van der Waals surface area (Å²) in [5, 5.41) is 12.7. The Kier molecular flexibility index (Phi) is 4.90. The Hall–Kier alpha value is -2.14. The summed E-state index contributed by atoms with van der Waals surface area (Å²) >= 11 is 0. The molecule has 0 saturated heterocycles. The van der Waals surface area contributed by atoms with E-state index in [-0.39, 0.29) is 11.9 Å². The van der Waals surface area contributed by atoms with Gasteiger partial charge in [-0.3, -0.25) is 9.89 Å². The van der Waals surface area contributed by atoms with Gasteiger partial charge < -0.3 is 10.6 Å². The number of H-pyrrole nitrogens is 1. The topological polar surface area (TPSA) is 69.8 Å². The molecule has 1 aromatic heterocycles. The predicted octanol–water partition coefficient (Wildman–Crippen LogP) is 1.66. The van der Waals surface area contributed by atoms with Crippen LogP contribution in [0.2, 0.25) is 0 Å². The van der Waals surface area contributed by atoms with E-state index in [1.807, 2.05) is 38.2 Å². The molecule has 3 N–H and O–H groups in total. The van der Waals surface area contributed by atoms with Crippen molar-refractivity contribution in [1.82, 2.24) is 20.8 Å². The first-order valence-corrected chi connectivity index (χ1v) is 6.74. The molecule has 1 aromatic carbocycles. The van der Waals surface area contributed by atoms with E-state index in [1.165, 1.54) is 0 Å². The van der Waals surface area contributed by atoms with Crippen LogP contribution in [0, 0.1) is 0 Å². The number of aromatic amines is 1. The second-order valence-electron chi connectivity index (χ2n) is 4.74. The van der Waals surface area contributed by atoms with Gasteiger partial charge in [-0.2, -0.15) is 5.10 Å². The maximum absolute atomic E-state index is 12.4. The predicted molar refractivity (Wildman–Crippen MR) is 78.5 cm³/mol. The summed E-state index contributed by atoms with van der Waals surface area (Å²) in [6.07, 6.45) is 4.34. The van der Waals surface area contributed by atoms with Gasteiger partial charge in [0.1, 0.15) is 0 Å². The lowest BCUT2D eigenvalue weighted by molar-refractivity contribution is 0.0939. The van der Waals surface area contributed by atoms with Crippen molar-refractivity contribution in [1.29, 1.82) is 0 Å². The van der Waals surface area contributed by atoms with Gasteiger partial charge in [0.15, 0.2) is 0 Å². The van der Waals surface area contributed by atoms with Crippen molar-refractivity contribution in [3.63, 3.8) is 0 Å². The highest BCUT2D eigenvalue weighted by Gasteiger charge is 2.14. The van der Waals surface area contributed by atoms with Gasteiger partial charge >= 0.3 is 0 Å². The monoisotopic (exact) mass is 272 g/mol. The van der Waals surface area contributed by atoms with Crippen LogP contribution < -0.4 is 10.6 Å². The van der Waals surface area contributed by atoms with Gasteiger partial charge in [-0.05, 0) is 38.6 Å². The Bertz CT molecular complexity index is 551. The summed E-state index contributed by atoms with van der Waals surface area (Å²) < 4.78 is 0. The molecule has 1 amide bonds. The maximum Gasteiger partial charge on any atom is 0.252 e. The van der Waals surface area contributed by atoms with E-state index < -0.39 is 0 Å². The molecule has 0 aliphatic carbocycles. The summed E-state index contributed by atoms with van der Waals surface area (Å²) in [6, 6.07) is 7.64. The molecule has 0 radical (unpaired) electrons. The molecule has 1 unspecified atom stereocenters. The number of nitrogens with one attached hydrogen (secondary N) is 3. The molecule has 1 heterocycles. The number of hydrogen-bond donors (Lipinski definition) is 3. The fourth-order valence-electron chi connectivity index (χ4n) is 2.07. The van der Waals surface area contributed by atoms with E-state index in [1.54, 1.807) is 12.4 Å². The normalized spacial score (nSPS) is 12.1. The molecular formula is C15H20N4O. The standard InChI is InChI=1S/C15H20N4O/c1-11(13-9-17-18-10-13)19-15(20)14-6-4-3-5-12(14)7-8-16-2/h3-6,9-11,16H,7-8H2,1-2H3,(H,17,18)(H,19,20). The minimum Gasteiger partial charge on any atom is -0.345 e. The van der Waals surface area contributed by atoms with Crippen LogP contribution in [-0.4, -0.2) is 29.7 Å². The Morgan fingerprint density at radius 2 is 2.20 bits per heavy atom. The summed E-state index contributed by atoms with van der Waals surface area (Å²) in [7, 11) is 1.91. The molecule has 0 aliphatic heterocycles. The highest BCUT2D eigenvalue weighted by molar-refractivity contribution is 5.95. The Labute approximate surface area is 118 Å². The Morgan fingerprint density at radius 3 is 2.90 bits per heavy atom. The second kappa shape index (κ2) is 6.86.